The standard InChI is InChI=1S/C20H29N3O5/c1-13(12-24)22-6-5-7-23(9-8-22)20(25)15-10-14-16(26-2)11-17(27-3)19(28-4)18(14)21-15/h10-11,13,21,24H,5-9,12H2,1-4H3/t13-/m0/s1. The fourth-order valence-electron chi connectivity index (χ4n) is 3.72. The van der Waals surface area contributed by atoms with E-state index in [4.69, 9.17) is 14.2 Å². The highest BCUT2D eigenvalue weighted by atomic mass is 16.5. The number of carbonyl (C=O) groups is 1. The van der Waals surface area contributed by atoms with Crippen molar-refractivity contribution in [1.29, 1.82) is 0 Å². The van der Waals surface area contributed by atoms with E-state index in [1.165, 1.54) is 0 Å². The van der Waals surface area contributed by atoms with Gasteiger partial charge in [-0.05, 0) is 19.4 Å². The average molecular weight is 391 g/mol. The van der Waals surface area contributed by atoms with Crippen molar-refractivity contribution in [3.05, 3.63) is 17.8 Å². The zero-order valence-corrected chi connectivity index (χ0v) is 16.9. The number of rotatable bonds is 6. The van der Waals surface area contributed by atoms with Gasteiger partial charge in [0.15, 0.2) is 11.5 Å². The molecule has 8 heteroatoms. The predicted octanol–water partition coefficient (Wildman–Crippen LogP) is 1.72. The summed E-state index contributed by atoms with van der Waals surface area (Å²) < 4.78 is 16.4. The van der Waals surface area contributed by atoms with Crippen molar-refractivity contribution in [2.24, 2.45) is 0 Å². The minimum Gasteiger partial charge on any atom is -0.496 e. The molecular weight excluding hydrogens is 362 g/mol. The number of benzene rings is 1. The highest BCUT2D eigenvalue weighted by Gasteiger charge is 2.25. The van der Waals surface area contributed by atoms with E-state index in [1.54, 1.807) is 33.5 Å². The Labute approximate surface area is 165 Å². The Kier molecular flexibility index (Phi) is 6.31. The number of aliphatic hydroxyl groups excluding tert-OH is 1. The number of nitrogens with zero attached hydrogens (tertiary/aromatic N) is 2. The second-order valence-electron chi connectivity index (χ2n) is 7.00. The number of ether oxygens (including phenoxy) is 3. The molecule has 28 heavy (non-hydrogen) atoms. The van der Waals surface area contributed by atoms with Crippen LogP contribution in [0.4, 0.5) is 0 Å². The van der Waals surface area contributed by atoms with Crippen molar-refractivity contribution in [2.75, 3.05) is 54.1 Å². The minimum atomic E-state index is -0.0576. The van der Waals surface area contributed by atoms with E-state index in [0.29, 0.717) is 41.5 Å². The van der Waals surface area contributed by atoms with Crippen LogP contribution in [0.1, 0.15) is 23.8 Å². The molecule has 0 spiro atoms. The van der Waals surface area contributed by atoms with E-state index in [-0.39, 0.29) is 18.6 Å². The summed E-state index contributed by atoms with van der Waals surface area (Å²) in [5, 5.41) is 10.2. The highest BCUT2D eigenvalue weighted by molar-refractivity contribution is 6.02. The number of aromatic amines is 1. The van der Waals surface area contributed by atoms with E-state index in [2.05, 4.69) is 9.88 Å². The van der Waals surface area contributed by atoms with Crippen LogP contribution in [0.25, 0.3) is 10.9 Å². The van der Waals surface area contributed by atoms with Crippen LogP contribution in [0.3, 0.4) is 0 Å². The van der Waals surface area contributed by atoms with Gasteiger partial charge in [-0.2, -0.15) is 0 Å². The molecule has 2 N–H and O–H groups in total. The predicted molar refractivity (Wildman–Crippen MR) is 107 cm³/mol. The molecule has 1 aliphatic heterocycles. The Morgan fingerprint density at radius 3 is 2.50 bits per heavy atom. The first-order chi connectivity index (χ1) is 13.5. The van der Waals surface area contributed by atoms with Crippen LogP contribution in [0.2, 0.25) is 0 Å². The SMILES string of the molecule is COc1cc(OC)c2cc(C(=O)N3CCCN([C@@H](C)CO)CC3)[nH]c2c1OC. The fourth-order valence-corrected chi connectivity index (χ4v) is 3.72. The molecule has 8 nitrogen and oxygen atoms in total. The van der Waals surface area contributed by atoms with Crippen molar-refractivity contribution in [3.8, 4) is 17.2 Å². The van der Waals surface area contributed by atoms with E-state index < -0.39 is 0 Å². The van der Waals surface area contributed by atoms with Crippen molar-refractivity contribution in [2.45, 2.75) is 19.4 Å². The molecule has 0 unspecified atom stereocenters. The number of aromatic nitrogens is 1. The van der Waals surface area contributed by atoms with Gasteiger partial charge in [0.25, 0.3) is 5.91 Å². The van der Waals surface area contributed by atoms with Gasteiger partial charge in [-0.3, -0.25) is 9.69 Å². The summed E-state index contributed by atoms with van der Waals surface area (Å²) in [7, 11) is 4.72. The van der Waals surface area contributed by atoms with Gasteiger partial charge in [-0.15, -0.1) is 0 Å². The molecule has 1 aliphatic rings. The minimum absolute atomic E-state index is 0.0576. The summed E-state index contributed by atoms with van der Waals surface area (Å²) >= 11 is 0. The lowest BCUT2D eigenvalue weighted by Gasteiger charge is -2.26. The fraction of sp³-hybridized carbons (Fsp3) is 0.550. The van der Waals surface area contributed by atoms with Crippen molar-refractivity contribution >= 4 is 16.8 Å². The number of methoxy groups -OCH3 is 3. The number of hydrogen-bond acceptors (Lipinski definition) is 6. The molecule has 0 radical (unpaired) electrons. The molecule has 0 aliphatic carbocycles. The Bertz CT molecular complexity index is 835. The summed E-state index contributed by atoms with van der Waals surface area (Å²) in [6.07, 6.45) is 0.872. The molecular formula is C20H29N3O5. The van der Waals surface area contributed by atoms with Crippen LogP contribution in [0.5, 0.6) is 17.2 Å². The monoisotopic (exact) mass is 391 g/mol. The quantitative estimate of drug-likeness (QED) is 0.780. The summed E-state index contributed by atoms with van der Waals surface area (Å²) in [6.45, 7) is 5.04. The van der Waals surface area contributed by atoms with Gasteiger partial charge in [-0.1, -0.05) is 0 Å². The topological polar surface area (TPSA) is 87.3 Å². The summed E-state index contributed by atoms with van der Waals surface area (Å²) in [6, 6.07) is 3.66. The number of nitrogens with one attached hydrogen (secondary N) is 1. The largest absolute Gasteiger partial charge is 0.496 e. The van der Waals surface area contributed by atoms with Crippen LogP contribution >= 0.6 is 0 Å². The summed E-state index contributed by atoms with van der Waals surface area (Å²) in [5.74, 6) is 1.63. The van der Waals surface area contributed by atoms with Gasteiger partial charge < -0.3 is 29.2 Å². The summed E-state index contributed by atoms with van der Waals surface area (Å²) in [5.41, 5.74) is 1.16. The molecule has 0 bridgehead atoms. The smallest absolute Gasteiger partial charge is 0.270 e. The maximum Gasteiger partial charge on any atom is 0.270 e. The molecule has 1 saturated heterocycles. The Hall–Kier alpha value is -2.45. The van der Waals surface area contributed by atoms with Gasteiger partial charge in [-0.25, -0.2) is 0 Å². The lowest BCUT2D eigenvalue weighted by molar-refractivity contribution is 0.0749. The van der Waals surface area contributed by atoms with Gasteiger partial charge in [0.05, 0.1) is 33.5 Å². The van der Waals surface area contributed by atoms with Crippen LogP contribution in [0.15, 0.2) is 12.1 Å². The molecule has 1 amide bonds. The number of fused-ring (bicyclic) bond motifs is 1. The van der Waals surface area contributed by atoms with Crippen molar-refractivity contribution < 1.29 is 24.1 Å². The molecule has 0 saturated carbocycles. The van der Waals surface area contributed by atoms with Gasteiger partial charge >= 0.3 is 0 Å². The summed E-state index contributed by atoms with van der Waals surface area (Å²) in [4.78, 5) is 20.4. The van der Waals surface area contributed by atoms with E-state index in [9.17, 15) is 9.90 Å². The van der Waals surface area contributed by atoms with Crippen LogP contribution in [0, 0.1) is 0 Å². The van der Waals surface area contributed by atoms with Crippen molar-refractivity contribution in [1.82, 2.24) is 14.8 Å². The second kappa shape index (κ2) is 8.70. The lowest BCUT2D eigenvalue weighted by atomic mass is 10.2. The third kappa shape index (κ3) is 3.74. The lowest BCUT2D eigenvalue weighted by Crippen LogP contribution is -2.39. The van der Waals surface area contributed by atoms with Gasteiger partial charge in [0.2, 0.25) is 0 Å². The third-order valence-electron chi connectivity index (χ3n) is 5.38. The van der Waals surface area contributed by atoms with E-state index >= 15 is 0 Å². The Morgan fingerprint density at radius 1 is 1.11 bits per heavy atom. The highest BCUT2D eigenvalue weighted by Crippen LogP contribution is 2.41. The zero-order chi connectivity index (χ0) is 20.3. The molecule has 1 aromatic carbocycles. The van der Waals surface area contributed by atoms with Crippen LogP contribution < -0.4 is 14.2 Å². The van der Waals surface area contributed by atoms with Gasteiger partial charge in [0.1, 0.15) is 11.4 Å². The third-order valence-corrected chi connectivity index (χ3v) is 5.38. The molecule has 154 valence electrons. The maximum atomic E-state index is 13.1. The molecule has 3 rings (SSSR count). The number of carbonyl (C=O) groups excluding carboxylic acids is 1. The molecule has 1 atom stereocenters. The maximum absolute atomic E-state index is 13.1. The Morgan fingerprint density at radius 2 is 1.86 bits per heavy atom. The number of amides is 1. The zero-order valence-electron chi connectivity index (χ0n) is 16.9. The first kappa shape index (κ1) is 20.3. The molecule has 2 aromatic rings. The number of hydrogen-bond donors (Lipinski definition) is 2. The number of aliphatic hydroxyl groups is 1. The first-order valence-corrected chi connectivity index (χ1v) is 9.49. The normalized spacial score (nSPS) is 16.7. The van der Waals surface area contributed by atoms with E-state index in [1.807, 2.05) is 11.8 Å². The molecule has 1 fully saturated rings. The average Bonchev–Trinajstić information content (AvgIpc) is 3.02. The first-order valence-electron chi connectivity index (χ1n) is 9.49. The van der Waals surface area contributed by atoms with Crippen LogP contribution in [-0.4, -0.2) is 86.0 Å². The molecule has 1 aromatic heterocycles. The van der Waals surface area contributed by atoms with Crippen molar-refractivity contribution in [3.63, 3.8) is 0 Å². The molecule has 2 heterocycles. The second-order valence-corrected chi connectivity index (χ2v) is 7.00. The van der Waals surface area contributed by atoms with Gasteiger partial charge in [0, 0.05) is 43.7 Å². The Balaban J connectivity index is 1.90. The van der Waals surface area contributed by atoms with Crippen LogP contribution in [-0.2, 0) is 0 Å². The number of H-pyrrole nitrogens is 1. The van der Waals surface area contributed by atoms with E-state index in [0.717, 1.165) is 24.9 Å².